The van der Waals surface area contributed by atoms with E-state index in [1.165, 1.54) is 133 Å². The Labute approximate surface area is 417 Å². The van der Waals surface area contributed by atoms with Crippen LogP contribution in [0.25, 0.3) is 77.2 Å². The Bertz CT molecular complexity index is 4180. The summed E-state index contributed by atoms with van der Waals surface area (Å²) in [6, 6.07) is 90.9. The van der Waals surface area contributed by atoms with Crippen LogP contribution in [0, 0.1) is 0 Å². The van der Waals surface area contributed by atoms with E-state index in [1.807, 2.05) is 0 Å². The second-order valence-corrected chi connectivity index (χ2v) is 19.9. The van der Waals surface area contributed by atoms with Crippen LogP contribution in [-0.2, 0) is 0 Å². The Morgan fingerprint density at radius 1 is 0.278 bits per heavy atom. The minimum atomic E-state index is -0.0282. The van der Waals surface area contributed by atoms with E-state index >= 15 is 0 Å². The van der Waals surface area contributed by atoms with Crippen molar-refractivity contribution in [1.82, 2.24) is 9.13 Å². The number of benzene rings is 11. The lowest BCUT2D eigenvalue weighted by Gasteiger charge is -2.42. The summed E-state index contributed by atoms with van der Waals surface area (Å²) in [6.07, 6.45) is 0. The summed E-state index contributed by atoms with van der Waals surface area (Å²) in [4.78, 5) is 5.02. The second kappa shape index (κ2) is 14.2. The molecule has 6 heteroatoms. The second-order valence-electron chi connectivity index (χ2n) is 19.9. The van der Waals surface area contributed by atoms with E-state index in [4.69, 9.17) is 0 Å². The first kappa shape index (κ1) is 38.6. The van der Waals surface area contributed by atoms with Crippen molar-refractivity contribution in [2.45, 2.75) is 0 Å². The topological polar surface area (TPSA) is 16.3 Å². The molecule has 4 aliphatic heterocycles. The van der Waals surface area contributed by atoms with Gasteiger partial charge in [-0.05, 0) is 122 Å². The van der Waals surface area contributed by atoms with Gasteiger partial charge in [-0.1, -0.05) is 176 Å². The summed E-state index contributed by atoms with van der Waals surface area (Å²) in [5, 5.41) is 5.13. The van der Waals surface area contributed by atoms with E-state index in [9.17, 15) is 0 Å². The smallest absolute Gasteiger partial charge is 0.252 e. The van der Waals surface area contributed by atoms with Crippen LogP contribution in [0.15, 0.2) is 243 Å². The molecular formula is C66H40B2N4. The van der Waals surface area contributed by atoms with E-state index in [2.05, 4.69) is 262 Å². The van der Waals surface area contributed by atoms with Gasteiger partial charge in [0.1, 0.15) is 0 Å². The van der Waals surface area contributed by atoms with E-state index in [0.29, 0.717) is 0 Å². The molecule has 0 amide bonds. The lowest BCUT2D eigenvalue weighted by atomic mass is 9.30. The van der Waals surface area contributed by atoms with Crippen molar-refractivity contribution in [3.8, 4) is 33.6 Å². The van der Waals surface area contributed by atoms with Crippen LogP contribution < -0.4 is 42.6 Å². The average Bonchev–Trinajstić information content (AvgIpc) is 3.99. The highest BCUT2D eigenvalue weighted by Gasteiger charge is 2.47. The molecule has 0 aliphatic carbocycles. The zero-order chi connectivity index (χ0) is 46.8. The van der Waals surface area contributed by atoms with Crippen molar-refractivity contribution in [3.05, 3.63) is 243 Å². The molecule has 4 nitrogen and oxygen atoms in total. The van der Waals surface area contributed by atoms with E-state index < -0.39 is 0 Å². The van der Waals surface area contributed by atoms with Gasteiger partial charge < -0.3 is 18.9 Å². The van der Waals surface area contributed by atoms with Crippen LogP contribution in [0.2, 0.25) is 0 Å². The van der Waals surface area contributed by atoms with Gasteiger partial charge in [0.25, 0.3) is 13.4 Å². The predicted molar refractivity (Wildman–Crippen MR) is 305 cm³/mol. The molecule has 2 aromatic heterocycles. The molecule has 0 spiro atoms. The molecular weight excluding hydrogens is 870 g/mol. The van der Waals surface area contributed by atoms with Crippen molar-refractivity contribution in [2.75, 3.05) is 9.80 Å². The Hall–Kier alpha value is -9.25. The van der Waals surface area contributed by atoms with Crippen LogP contribution in [0.5, 0.6) is 0 Å². The van der Waals surface area contributed by atoms with Crippen molar-refractivity contribution in [2.24, 2.45) is 0 Å². The van der Waals surface area contributed by atoms with Gasteiger partial charge in [-0.2, -0.15) is 0 Å². The van der Waals surface area contributed by atoms with E-state index in [0.717, 1.165) is 11.4 Å². The van der Waals surface area contributed by atoms with Gasteiger partial charge in [-0.15, -0.1) is 0 Å². The van der Waals surface area contributed by atoms with Crippen LogP contribution >= 0.6 is 0 Å². The monoisotopic (exact) mass is 910 g/mol. The van der Waals surface area contributed by atoms with Crippen molar-refractivity contribution in [3.63, 3.8) is 0 Å². The number of rotatable bonds is 4. The maximum Gasteiger partial charge on any atom is 0.252 e. The number of para-hydroxylation sites is 4. The molecule has 72 heavy (non-hydrogen) atoms. The molecule has 0 fully saturated rings. The zero-order valence-corrected chi connectivity index (χ0v) is 39.0. The number of hydrogen-bond donors (Lipinski definition) is 0. The first-order valence-corrected chi connectivity index (χ1v) is 25.2. The molecule has 17 rings (SSSR count). The third-order valence-electron chi connectivity index (χ3n) is 16.5. The molecule has 0 radical (unpaired) electrons. The molecule has 330 valence electrons. The number of nitrogens with zero attached hydrogens (tertiary/aromatic N) is 4. The number of aromatic nitrogens is 2. The molecule has 0 unspecified atom stereocenters. The summed E-state index contributed by atoms with van der Waals surface area (Å²) in [5.41, 5.74) is 27.7. The summed E-state index contributed by atoms with van der Waals surface area (Å²) in [7, 11) is 0. The van der Waals surface area contributed by atoms with Gasteiger partial charge in [0.05, 0.1) is 22.1 Å². The largest absolute Gasteiger partial charge is 0.311 e. The molecule has 11 aromatic carbocycles. The lowest BCUT2D eigenvalue weighted by molar-refractivity contribution is 1.14. The maximum atomic E-state index is 2.65. The summed E-state index contributed by atoms with van der Waals surface area (Å²) in [5.74, 6) is 0. The Morgan fingerprint density at radius 3 is 1.12 bits per heavy atom. The van der Waals surface area contributed by atoms with Gasteiger partial charge >= 0.3 is 0 Å². The van der Waals surface area contributed by atoms with Crippen LogP contribution in [0.4, 0.5) is 34.1 Å². The first-order valence-electron chi connectivity index (χ1n) is 25.2. The number of anilines is 6. The Morgan fingerprint density at radius 2 is 0.681 bits per heavy atom. The normalized spacial score (nSPS) is 13.4. The number of hydrogen-bond acceptors (Lipinski definition) is 2. The highest BCUT2D eigenvalue weighted by Crippen LogP contribution is 2.48. The minimum Gasteiger partial charge on any atom is -0.311 e. The van der Waals surface area contributed by atoms with Crippen LogP contribution in [0.1, 0.15) is 0 Å². The third-order valence-corrected chi connectivity index (χ3v) is 16.5. The van der Waals surface area contributed by atoms with Crippen molar-refractivity contribution < 1.29 is 0 Å². The van der Waals surface area contributed by atoms with Crippen LogP contribution in [0.3, 0.4) is 0 Å². The minimum absolute atomic E-state index is 0.0282. The highest BCUT2D eigenvalue weighted by atomic mass is 15.2. The molecule has 0 atom stereocenters. The average molecular weight is 911 g/mol. The molecule has 6 heterocycles. The third kappa shape index (κ3) is 4.88. The summed E-state index contributed by atoms with van der Waals surface area (Å²) in [6.45, 7) is -0.0564. The van der Waals surface area contributed by atoms with E-state index in [1.54, 1.807) is 0 Å². The quantitative estimate of drug-likeness (QED) is 0.164. The van der Waals surface area contributed by atoms with E-state index in [-0.39, 0.29) is 13.4 Å². The van der Waals surface area contributed by atoms with Gasteiger partial charge in [0, 0.05) is 67.0 Å². The van der Waals surface area contributed by atoms with Gasteiger partial charge in [-0.3, -0.25) is 0 Å². The molecule has 4 aliphatic rings. The highest BCUT2D eigenvalue weighted by molar-refractivity contribution is 7.03. The lowest BCUT2D eigenvalue weighted by Crippen LogP contribution is -2.64. The number of fused-ring (bicyclic) bond motifs is 16. The van der Waals surface area contributed by atoms with Gasteiger partial charge in [0.15, 0.2) is 0 Å². The molecule has 0 bridgehead atoms. The standard InChI is InChI=1S/C66H40B2N4/c1-5-19-41(20-6-1)45-27-17-33-55-61(45)47-35-37-57-63-65(47)71(55)59-40-60-52(39-51(59)67(63)49-29-13-15-31-53(49)69(57)43-23-9-3-10-24-43)68-50-30-14-16-32-54(50)70(44-25-11-4-12-26-44)58-38-36-48-62-46(42-21-7-2-8-22-42)28-18-34-56(62)72(60)66(48)64(58)68/h1-40H. The molecule has 13 aromatic rings. The molecule has 0 saturated carbocycles. The Balaban J connectivity index is 1.05. The molecule has 0 N–H and O–H groups in total. The van der Waals surface area contributed by atoms with Crippen molar-refractivity contribution in [1.29, 1.82) is 0 Å². The zero-order valence-electron chi connectivity index (χ0n) is 39.0. The van der Waals surface area contributed by atoms with Gasteiger partial charge in [-0.25, -0.2) is 0 Å². The summed E-state index contributed by atoms with van der Waals surface area (Å²) < 4.78 is 5.30. The molecule has 0 saturated heterocycles. The SMILES string of the molecule is c1ccc(-c2cccc3c2c2ccc4c5c2n3-c2cc3c(cc2B5c2ccccc2N4c2ccccc2)B2c4ccccc4N(c4ccccc4)c4ccc5c6c(-c7ccccc7)cccc6n-3c5c42)cc1. The first-order chi connectivity index (χ1) is 35.8. The Kier molecular flexibility index (Phi) is 7.60. The predicted octanol–water partition coefficient (Wildman–Crippen LogP) is 12.4. The summed E-state index contributed by atoms with van der Waals surface area (Å²) >= 11 is 0. The fourth-order valence-corrected chi connectivity index (χ4v) is 13.8. The fourth-order valence-electron chi connectivity index (χ4n) is 13.8. The van der Waals surface area contributed by atoms with Crippen molar-refractivity contribution >= 4 is 124 Å². The fraction of sp³-hybridized carbons (Fsp3) is 0. The van der Waals surface area contributed by atoms with Crippen LogP contribution in [-0.4, -0.2) is 22.6 Å². The maximum absolute atomic E-state index is 2.65. The van der Waals surface area contributed by atoms with Gasteiger partial charge in [0.2, 0.25) is 0 Å².